The van der Waals surface area contributed by atoms with E-state index in [1.165, 1.54) is 13.3 Å². The number of aromatic nitrogens is 1. The van der Waals surface area contributed by atoms with Crippen LogP contribution in [-0.2, 0) is 14.4 Å². The number of ether oxygens (including phenoxy) is 1. The first-order chi connectivity index (χ1) is 7.20. The second-order valence-electron chi connectivity index (χ2n) is 2.36. The van der Waals surface area contributed by atoms with Crippen molar-refractivity contribution in [1.82, 2.24) is 4.57 Å². The molecule has 0 aromatic carbocycles. The summed E-state index contributed by atoms with van der Waals surface area (Å²) >= 11 is 0.957. The highest BCUT2D eigenvalue weighted by atomic mass is 32.1. The van der Waals surface area contributed by atoms with Gasteiger partial charge in [0.2, 0.25) is 0 Å². The maximum absolute atomic E-state index is 11.4. The van der Waals surface area contributed by atoms with E-state index in [1.807, 2.05) is 0 Å². The number of oxime groups is 1. The average Bonchev–Trinajstić information content (AvgIpc) is 2.61. The van der Waals surface area contributed by atoms with Gasteiger partial charge in [0.05, 0.1) is 6.61 Å². The SMILES string of the molecule is CCOC(=O)C(=NOC)n1ccsc1=O. The molecule has 0 aliphatic carbocycles. The summed E-state index contributed by atoms with van der Waals surface area (Å²) in [6.45, 7) is 1.87. The zero-order valence-electron chi connectivity index (χ0n) is 8.30. The van der Waals surface area contributed by atoms with Crippen molar-refractivity contribution < 1.29 is 14.4 Å². The summed E-state index contributed by atoms with van der Waals surface area (Å²) in [6, 6.07) is 0. The molecule has 7 heteroatoms. The Kier molecular flexibility index (Phi) is 4.04. The summed E-state index contributed by atoms with van der Waals surface area (Å²) in [5.41, 5.74) is 0. The molecule has 0 spiro atoms. The number of hydrogen-bond donors (Lipinski definition) is 0. The largest absolute Gasteiger partial charge is 0.460 e. The molecule has 0 atom stereocenters. The molecule has 0 N–H and O–H groups in total. The first-order valence-electron chi connectivity index (χ1n) is 4.15. The van der Waals surface area contributed by atoms with Crippen LogP contribution in [0.1, 0.15) is 6.92 Å². The maximum atomic E-state index is 11.4. The summed E-state index contributed by atoms with van der Waals surface area (Å²) in [5, 5.41) is 5.01. The van der Waals surface area contributed by atoms with E-state index in [0.29, 0.717) is 0 Å². The summed E-state index contributed by atoms with van der Waals surface area (Å²) < 4.78 is 5.81. The first-order valence-corrected chi connectivity index (χ1v) is 5.03. The van der Waals surface area contributed by atoms with Gasteiger partial charge < -0.3 is 9.57 Å². The summed E-state index contributed by atoms with van der Waals surface area (Å²) in [7, 11) is 1.29. The van der Waals surface area contributed by atoms with E-state index < -0.39 is 5.97 Å². The second kappa shape index (κ2) is 5.30. The third-order valence-corrected chi connectivity index (χ3v) is 2.10. The Morgan fingerprint density at radius 1 is 1.67 bits per heavy atom. The van der Waals surface area contributed by atoms with E-state index in [9.17, 15) is 9.59 Å². The van der Waals surface area contributed by atoms with Crippen LogP contribution in [0.4, 0.5) is 0 Å². The number of rotatable bonds is 2. The lowest BCUT2D eigenvalue weighted by Crippen LogP contribution is -2.31. The normalized spacial score (nSPS) is 11.2. The van der Waals surface area contributed by atoms with Gasteiger partial charge in [-0.3, -0.25) is 4.79 Å². The molecule has 1 aromatic heterocycles. The molecule has 0 aliphatic rings. The second-order valence-corrected chi connectivity index (χ2v) is 3.21. The van der Waals surface area contributed by atoms with Crippen LogP contribution in [0.2, 0.25) is 0 Å². The Morgan fingerprint density at radius 2 is 2.40 bits per heavy atom. The Hall–Kier alpha value is -1.63. The van der Waals surface area contributed by atoms with Crippen LogP contribution in [0.15, 0.2) is 21.5 Å². The van der Waals surface area contributed by atoms with Gasteiger partial charge in [-0.25, -0.2) is 9.36 Å². The number of carbonyl (C=O) groups excluding carboxylic acids is 1. The van der Waals surface area contributed by atoms with Gasteiger partial charge in [-0.2, -0.15) is 0 Å². The van der Waals surface area contributed by atoms with Crippen molar-refractivity contribution in [2.75, 3.05) is 13.7 Å². The lowest BCUT2D eigenvalue weighted by Gasteiger charge is -2.04. The lowest BCUT2D eigenvalue weighted by molar-refractivity contribution is -0.135. The van der Waals surface area contributed by atoms with E-state index in [0.717, 1.165) is 15.9 Å². The van der Waals surface area contributed by atoms with Gasteiger partial charge >= 0.3 is 10.8 Å². The van der Waals surface area contributed by atoms with Crippen molar-refractivity contribution in [3.8, 4) is 0 Å². The van der Waals surface area contributed by atoms with Gasteiger partial charge in [0.1, 0.15) is 7.11 Å². The van der Waals surface area contributed by atoms with Gasteiger partial charge in [0, 0.05) is 11.6 Å². The summed E-state index contributed by atoms with van der Waals surface area (Å²) in [5.74, 6) is -0.870. The predicted octanol–water partition coefficient (Wildman–Crippen LogP) is 0.281. The average molecular weight is 230 g/mol. The fraction of sp³-hybridized carbons (Fsp3) is 0.375. The first kappa shape index (κ1) is 11.4. The van der Waals surface area contributed by atoms with Crippen molar-refractivity contribution >= 4 is 23.1 Å². The van der Waals surface area contributed by atoms with Crippen LogP contribution in [0, 0.1) is 0 Å². The molecule has 0 saturated carbocycles. The zero-order valence-corrected chi connectivity index (χ0v) is 9.11. The monoisotopic (exact) mass is 230 g/mol. The molecule has 82 valence electrons. The topological polar surface area (TPSA) is 69.9 Å². The Bertz CT molecular complexity index is 420. The molecule has 0 bridgehead atoms. The van der Waals surface area contributed by atoms with Crippen LogP contribution in [-0.4, -0.2) is 30.1 Å². The van der Waals surface area contributed by atoms with E-state index in [-0.39, 0.29) is 17.3 Å². The lowest BCUT2D eigenvalue weighted by atomic mass is 10.5. The fourth-order valence-electron chi connectivity index (χ4n) is 0.886. The van der Waals surface area contributed by atoms with Gasteiger partial charge in [-0.05, 0) is 6.92 Å². The molecule has 0 unspecified atom stereocenters. The zero-order chi connectivity index (χ0) is 11.3. The Balaban J connectivity index is 3.05. The molecular formula is C8H10N2O4S. The highest BCUT2D eigenvalue weighted by Crippen LogP contribution is 1.94. The summed E-state index contributed by atoms with van der Waals surface area (Å²) in [6.07, 6.45) is 1.43. The number of nitrogens with zero attached hydrogens (tertiary/aromatic N) is 2. The molecule has 6 nitrogen and oxygen atoms in total. The Labute approximate surface area is 89.7 Å². The van der Waals surface area contributed by atoms with Gasteiger partial charge in [-0.15, -0.1) is 0 Å². The van der Waals surface area contributed by atoms with Crippen LogP contribution >= 0.6 is 11.3 Å². The molecule has 1 heterocycles. The highest BCUT2D eigenvalue weighted by Gasteiger charge is 2.17. The minimum absolute atomic E-state index is 0.175. The molecule has 0 saturated heterocycles. The molecule has 0 radical (unpaired) electrons. The smallest absolute Gasteiger partial charge is 0.378 e. The van der Waals surface area contributed by atoms with Crippen molar-refractivity contribution in [3.05, 3.63) is 21.2 Å². The molecule has 1 rings (SSSR count). The highest BCUT2D eigenvalue weighted by molar-refractivity contribution is 7.07. The van der Waals surface area contributed by atoms with Crippen molar-refractivity contribution in [1.29, 1.82) is 0 Å². The predicted molar refractivity (Wildman–Crippen MR) is 55.1 cm³/mol. The summed E-state index contributed by atoms with van der Waals surface area (Å²) in [4.78, 5) is 26.8. The molecule has 0 fully saturated rings. The van der Waals surface area contributed by atoms with Crippen molar-refractivity contribution in [2.45, 2.75) is 6.92 Å². The van der Waals surface area contributed by atoms with Gasteiger partial charge in [0.25, 0.3) is 5.84 Å². The van der Waals surface area contributed by atoms with Gasteiger partial charge in [0.15, 0.2) is 0 Å². The van der Waals surface area contributed by atoms with Crippen LogP contribution < -0.4 is 4.87 Å². The number of thiazole rings is 1. The van der Waals surface area contributed by atoms with E-state index in [1.54, 1.807) is 12.3 Å². The Morgan fingerprint density at radius 3 is 2.87 bits per heavy atom. The molecule has 0 aliphatic heterocycles. The van der Waals surface area contributed by atoms with E-state index >= 15 is 0 Å². The van der Waals surface area contributed by atoms with Crippen LogP contribution in [0.5, 0.6) is 0 Å². The standard InChI is InChI=1S/C8H10N2O4S/c1-3-14-7(11)6(9-13-2)10-4-5-15-8(10)12/h4-5H,3H2,1-2H3. The third-order valence-electron chi connectivity index (χ3n) is 1.44. The molecule has 1 aromatic rings. The van der Waals surface area contributed by atoms with Crippen LogP contribution in [0.3, 0.4) is 0 Å². The number of carbonyl (C=O) groups is 1. The molecular weight excluding hydrogens is 220 g/mol. The van der Waals surface area contributed by atoms with Gasteiger partial charge in [-0.1, -0.05) is 16.5 Å². The van der Waals surface area contributed by atoms with E-state index in [2.05, 4.69) is 9.99 Å². The fourth-order valence-corrected chi connectivity index (χ4v) is 1.45. The van der Waals surface area contributed by atoms with Crippen molar-refractivity contribution in [3.63, 3.8) is 0 Å². The van der Waals surface area contributed by atoms with Crippen LogP contribution in [0.25, 0.3) is 0 Å². The minimum Gasteiger partial charge on any atom is -0.460 e. The molecule has 0 amide bonds. The minimum atomic E-state index is -0.695. The third kappa shape index (κ3) is 2.66. The molecule has 15 heavy (non-hydrogen) atoms. The number of hydrogen-bond acceptors (Lipinski definition) is 6. The maximum Gasteiger partial charge on any atom is 0.378 e. The quantitative estimate of drug-likeness (QED) is 0.317. The number of esters is 1. The van der Waals surface area contributed by atoms with E-state index in [4.69, 9.17) is 4.74 Å². The van der Waals surface area contributed by atoms with Crippen molar-refractivity contribution in [2.24, 2.45) is 5.16 Å².